The van der Waals surface area contributed by atoms with E-state index in [9.17, 15) is 9.59 Å². The normalized spacial score (nSPS) is 18.9. The van der Waals surface area contributed by atoms with Gasteiger partial charge in [-0.15, -0.1) is 0 Å². The Kier molecular flexibility index (Phi) is 7.88. The molecule has 0 aromatic rings. The molecule has 1 N–H and O–H groups in total. The average molecular weight is 331 g/mol. The molecular weight excluding hydrogens is 300 g/mol. The number of nitrogens with one attached hydrogen (secondary N) is 1. The number of hydrogen-bond acceptors (Lipinski definition) is 4. The maximum absolute atomic E-state index is 12.2. The van der Waals surface area contributed by atoms with Crippen molar-refractivity contribution < 1.29 is 18.8 Å². The highest BCUT2D eigenvalue weighted by atomic mass is 28.2. The molecule has 1 rings (SSSR count). The molecule has 0 unspecified atom stereocenters. The number of hydrogen-bond donors (Lipinski definition) is 1. The first kappa shape index (κ1) is 19.0. The topological polar surface area (TPSA) is 67.9 Å². The van der Waals surface area contributed by atoms with E-state index in [1.54, 1.807) is 4.90 Å². The Morgan fingerprint density at radius 2 is 2.09 bits per heavy atom. The Morgan fingerprint density at radius 3 is 2.73 bits per heavy atom. The van der Waals surface area contributed by atoms with Gasteiger partial charge in [0, 0.05) is 19.7 Å². The second kappa shape index (κ2) is 9.15. The fraction of sp³-hybridized carbons (Fsp3) is 0.867. The van der Waals surface area contributed by atoms with Crippen LogP contribution in [0.2, 0.25) is 6.04 Å². The van der Waals surface area contributed by atoms with Gasteiger partial charge in [0.15, 0.2) is 9.76 Å². The van der Waals surface area contributed by atoms with Gasteiger partial charge in [0.1, 0.15) is 11.6 Å². The second-order valence-electron chi connectivity index (χ2n) is 6.53. The molecule has 0 aromatic carbocycles. The summed E-state index contributed by atoms with van der Waals surface area (Å²) >= 11 is 0. The van der Waals surface area contributed by atoms with Gasteiger partial charge in [-0.05, 0) is 53.0 Å². The minimum Gasteiger partial charge on any atom is -0.444 e. The van der Waals surface area contributed by atoms with Crippen molar-refractivity contribution in [3.8, 4) is 0 Å². The molecule has 1 aliphatic heterocycles. The van der Waals surface area contributed by atoms with Crippen LogP contribution in [0.5, 0.6) is 0 Å². The number of ether oxygens (including phenoxy) is 1. The standard InChI is InChI=1S/C15H30N2O4Si/c1-5-20-22-11-7-9-16-13(18)12-8-6-10-17(12)14(19)21-15(2,3)4/h12H,5-11,22H2,1-4H3,(H,16,18)/t12-/m0/s1. The lowest BCUT2D eigenvalue weighted by atomic mass is 10.2. The van der Waals surface area contributed by atoms with Crippen LogP contribution in [-0.4, -0.2) is 58.0 Å². The number of rotatable bonds is 7. The van der Waals surface area contributed by atoms with E-state index in [1.165, 1.54) is 0 Å². The zero-order chi connectivity index (χ0) is 16.6. The Morgan fingerprint density at radius 1 is 1.36 bits per heavy atom. The minimum atomic E-state index is -0.537. The molecule has 1 atom stereocenters. The Balaban J connectivity index is 2.35. The third-order valence-electron chi connectivity index (χ3n) is 3.40. The van der Waals surface area contributed by atoms with E-state index in [1.807, 2.05) is 27.7 Å². The summed E-state index contributed by atoms with van der Waals surface area (Å²) in [6, 6.07) is 0.674. The number of amides is 2. The number of carbonyl (C=O) groups excluding carboxylic acids is 2. The largest absolute Gasteiger partial charge is 0.444 e. The highest BCUT2D eigenvalue weighted by Gasteiger charge is 2.36. The van der Waals surface area contributed by atoms with Crippen molar-refractivity contribution in [2.24, 2.45) is 0 Å². The van der Waals surface area contributed by atoms with Gasteiger partial charge in [0.2, 0.25) is 5.91 Å². The minimum absolute atomic E-state index is 0.0681. The predicted octanol–water partition coefficient (Wildman–Crippen LogP) is 1.43. The van der Waals surface area contributed by atoms with Crippen molar-refractivity contribution in [2.75, 3.05) is 19.7 Å². The van der Waals surface area contributed by atoms with Crippen LogP contribution in [0.25, 0.3) is 0 Å². The van der Waals surface area contributed by atoms with Crippen molar-refractivity contribution in [3.05, 3.63) is 0 Å². The molecular formula is C15H30N2O4Si. The van der Waals surface area contributed by atoms with Crippen LogP contribution in [-0.2, 0) is 14.0 Å². The fourth-order valence-corrected chi connectivity index (χ4v) is 3.33. The van der Waals surface area contributed by atoms with Crippen LogP contribution in [0.15, 0.2) is 0 Å². The summed E-state index contributed by atoms with van der Waals surface area (Å²) in [7, 11) is -0.430. The van der Waals surface area contributed by atoms with Crippen LogP contribution in [0.3, 0.4) is 0 Å². The van der Waals surface area contributed by atoms with Crippen LogP contribution < -0.4 is 5.32 Å². The maximum Gasteiger partial charge on any atom is 0.410 e. The second-order valence-corrected chi connectivity index (χ2v) is 8.05. The van der Waals surface area contributed by atoms with Crippen molar-refractivity contribution in [3.63, 3.8) is 0 Å². The lowest BCUT2D eigenvalue weighted by Crippen LogP contribution is -2.47. The van der Waals surface area contributed by atoms with E-state index in [4.69, 9.17) is 9.16 Å². The molecule has 2 amide bonds. The summed E-state index contributed by atoms with van der Waals surface area (Å²) in [6.07, 6.45) is 2.10. The first-order valence-corrected chi connectivity index (χ1v) is 9.78. The Hall–Kier alpha value is -1.08. The lowest BCUT2D eigenvalue weighted by molar-refractivity contribution is -0.125. The maximum atomic E-state index is 12.2. The van der Waals surface area contributed by atoms with Crippen LogP contribution in [0, 0.1) is 0 Å². The van der Waals surface area contributed by atoms with Crippen molar-refractivity contribution >= 4 is 21.8 Å². The molecule has 0 bridgehead atoms. The van der Waals surface area contributed by atoms with E-state index >= 15 is 0 Å². The molecule has 0 radical (unpaired) electrons. The molecule has 1 fully saturated rings. The first-order valence-electron chi connectivity index (χ1n) is 8.20. The van der Waals surface area contributed by atoms with Crippen molar-refractivity contribution in [1.82, 2.24) is 10.2 Å². The molecule has 7 heteroatoms. The van der Waals surface area contributed by atoms with Gasteiger partial charge < -0.3 is 14.5 Å². The van der Waals surface area contributed by atoms with E-state index in [0.717, 1.165) is 25.5 Å². The zero-order valence-electron chi connectivity index (χ0n) is 14.3. The molecule has 6 nitrogen and oxygen atoms in total. The van der Waals surface area contributed by atoms with Gasteiger partial charge >= 0.3 is 6.09 Å². The smallest absolute Gasteiger partial charge is 0.410 e. The molecule has 128 valence electrons. The lowest BCUT2D eigenvalue weighted by Gasteiger charge is -2.28. The van der Waals surface area contributed by atoms with Crippen molar-refractivity contribution in [2.45, 2.75) is 64.6 Å². The van der Waals surface area contributed by atoms with Gasteiger partial charge in [0.05, 0.1) is 0 Å². The summed E-state index contributed by atoms with van der Waals surface area (Å²) in [4.78, 5) is 25.9. The van der Waals surface area contributed by atoms with E-state index in [-0.39, 0.29) is 11.9 Å². The molecule has 0 spiro atoms. The molecule has 0 saturated carbocycles. The molecule has 22 heavy (non-hydrogen) atoms. The van der Waals surface area contributed by atoms with E-state index in [0.29, 0.717) is 19.5 Å². The Bertz CT molecular complexity index is 371. The third-order valence-corrected chi connectivity index (χ3v) is 4.89. The quantitative estimate of drug-likeness (QED) is 0.566. The highest BCUT2D eigenvalue weighted by molar-refractivity contribution is 6.26. The number of nitrogens with zero attached hydrogens (tertiary/aromatic N) is 1. The highest BCUT2D eigenvalue weighted by Crippen LogP contribution is 2.20. The monoisotopic (exact) mass is 330 g/mol. The molecule has 1 saturated heterocycles. The predicted molar refractivity (Wildman–Crippen MR) is 88.6 cm³/mol. The van der Waals surface area contributed by atoms with Crippen LogP contribution in [0.1, 0.15) is 47.0 Å². The molecule has 1 heterocycles. The molecule has 1 aliphatic rings. The zero-order valence-corrected chi connectivity index (χ0v) is 15.7. The summed E-state index contributed by atoms with van der Waals surface area (Å²) < 4.78 is 10.8. The van der Waals surface area contributed by atoms with Gasteiger partial charge in [-0.2, -0.15) is 0 Å². The van der Waals surface area contributed by atoms with Crippen LogP contribution in [0.4, 0.5) is 4.79 Å². The average Bonchev–Trinajstić information content (AvgIpc) is 2.90. The first-order chi connectivity index (χ1) is 10.3. The van der Waals surface area contributed by atoms with Crippen LogP contribution >= 0.6 is 0 Å². The summed E-state index contributed by atoms with van der Waals surface area (Å²) in [6.45, 7) is 9.52. The fourth-order valence-electron chi connectivity index (χ4n) is 2.38. The number of carbonyl (C=O) groups is 2. The molecule has 0 aromatic heterocycles. The van der Waals surface area contributed by atoms with Gasteiger partial charge in [0.25, 0.3) is 0 Å². The third kappa shape index (κ3) is 6.78. The van der Waals surface area contributed by atoms with E-state index < -0.39 is 21.5 Å². The van der Waals surface area contributed by atoms with E-state index in [2.05, 4.69) is 5.32 Å². The SMILES string of the molecule is CCO[SiH2]CCCNC(=O)[C@@H]1CCCN1C(=O)OC(C)(C)C. The van der Waals surface area contributed by atoms with Gasteiger partial charge in [-0.3, -0.25) is 9.69 Å². The Labute approximate surface area is 135 Å². The molecule has 0 aliphatic carbocycles. The summed E-state index contributed by atoms with van der Waals surface area (Å²) in [5, 5.41) is 2.93. The van der Waals surface area contributed by atoms with Crippen molar-refractivity contribution in [1.29, 1.82) is 0 Å². The number of likely N-dealkylation sites (tertiary alicyclic amines) is 1. The van der Waals surface area contributed by atoms with Gasteiger partial charge in [-0.25, -0.2) is 4.79 Å². The summed E-state index contributed by atoms with van der Waals surface area (Å²) in [5.41, 5.74) is -0.537. The summed E-state index contributed by atoms with van der Waals surface area (Å²) in [5.74, 6) is -0.0681. The van der Waals surface area contributed by atoms with Gasteiger partial charge in [-0.1, -0.05) is 0 Å².